The maximum atomic E-state index is 14.7. The third-order valence-corrected chi connectivity index (χ3v) is 6.91. The lowest BCUT2D eigenvalue weighted by Gasteiger charge is -2.21. The highest BCUT2D eigenvalue weighted by molar-refractivity contribution is 9.10. The van der Waals surface area contributed by atoms with Crippen LogP contribution < -0.4 is 9.46 Å². The smallest absolute Gasteiger partial charge is 0.268 e. The summed E-state index contributed by atoms with van der Waals surface area (Å²) in [6.45, 7) is 6.08. The molecule has 3 aromatic rings. The zero-order valence-corrected chi connectivity index (χ0v) is 20.4. The monoisotopic (exact) mass is 523 g/mol. The number of benzene rings is 2. The molecule has 0 spiro atoms. The number of carbonyl (C=O) groups excluding carboxylic acids is 1. The minimum absolute atomic E-state index is 0.0783. The largest absolute Gasteiger partial charge is 0.495 e. The third-order valence-electron chi connectivity index (χ3n) is 4.82. The zero-order chi connectivity index (χ0) is 23.7. The van der Waals surface area contributed by atoms with Crippen LogP contribution in [0.4, 0.5) is 4.39 Å². The SMILES string of the molecule is COc1ccc(C(C)(C)C)cc1S(=O)(=O)NC(=O)c1cc(Br)c(Cn2cccn2)cc1F. The first-order valence-electron chi connectivity index (χ1n) is 9.63. The van der Waals surface area contributed by atoms with Crippen molar-refractivity contribution in [1.82, 2.24) is 14.5 Å². The van der Waals surface area contributed by atoms with Gasteiger partial charge in [0, 0.05) is 16.9 Å². The molecule has 32 heavy (non-hydrogen) atoms. The van der Waals surface area contributed by atoms with E-state index in [-0.39, 0.29) is 22.6 Å². The highest BCUT2D eigenvalue weighted by atomic mass is 79.9. The summed E-state index contributed by atoms with van der Waals surface area (Å²) in [6, 6.07) is 8.90. The van der Waals surface area contributed by atoms with Crippen LogP contribution in [0.15, 0.2) is 58.2 Å². The van der Waals surface area contributed by atoms with Gasteiger partial charge in [-0.15, -0.1) is 0 Å². The number of ether oxygens (including phenoxy) is 1. The number of halogens is 2. The van der Waals surface area contributed by atoms with Gasteiger partial charge in [-0.25, -0.2) is 17.5 Å². The van der Waals surface area contributed by atoms with Crippen LogP contribution in [0.25, 0.3) is 0 Å². The fourth-order valence-electron chi connectivity index (χ4n) is 3.04. The lowest BCUT2D eigenvalue weighted by molar-refractivity contribution is 0.0977. The quantitative estimate of drug-likeness (QED) is 0.521. The van der Waals surface area contributed by atoms with Gasteiger partial charge in [0.25, 0.3) is 15.9 Å². The van der Waals surface area contributed by atoms with Crippen molar-refractivity contribution in [2.24, 2.45) is 0 Å². The van der Waals surface area contributed by atoms with Crippen LogP contribution in [0.5, 0.6) is 5.75 Å². The van der Waals surface area contributed by atoms with Crippen LogP contribution in [0.1, 0.15) is 42.3 Å². The van der Waals surface area contributed by atoms with Gasteiger partial charge < -0.3 is 4.74 Å². The van der Waals surface area contributed by atoms with E-state index in [2.05, 4.69) is 21.0 Å². The van der Waals surface area contributed by atoms with E-state index in [1.165, 1.54) is 31.4 Å². The molecule has 1 aromatic heterocycles. The Hall–Kier alpha value is -2.72. The molecular formula is C22H23BrFN3O4S. The zero-order valence-electron chi connectivity index (χ0n) is 18.0. The van der Waals surface area contributed by atoms with Gasteiger partial charge in [-0.1, -0.05) is 42.8 Å². The highest BCUT2D eigenvalue weighted by Crippen LogP contribution is 2.31. The van der Waals surface area contributed by atoms with Gasteiger partial charge in [0.2, 0.25) is 0 Å². The minimum atomic E-state index is -4.33. The van der Waals surface area contributed by atoms with Crippen molar-refractivity contribution in [3.05, 3.63) is 75.8 Å². The number of rotatable bonds is 6. The van der Waals surface area contributed by atoms with E-state index in [1.54, 1.807) is 29.2 Å². The van der Waals surface area contributed by atoms with E-state index < -0.39 is 27.3 Å². The second kappa shape index (κ2) is 9.03. The molecule has 1 heterocycles. The topological polar surface area (TPSA) is 90.3 Å². The molecule has 0 radical (unpaired) electrons. The number of hydrogen-bond donors (Lipinski definition) is 1. The van der Waals surface area contributed by atoms with E-state index in [9.17, 15) is 17.6 Å². The van der Waals surface area contributed by atoms with Crippen LogP contribution in [-0.2, 0) is 22.0 Å². The van der Waals surface area contributed by atoms with Gasteiger partial charge in [0.1, 0.15) is 16.5 Å². The molecule has 1 amide bonds. The Labute approximate surface area is 194 Å². The van der Waals surface area contributed by atoms with Crippen molar-refractivity contribution in [2.45, 2.75) is 37.6 Å². The molecule has 0 aliphatic heterocycles. The average molecular weight is 524 g/mol. The summed E-state index contributed by atoms with van der Waals surface area (Å²) in [4.78, 5) is 12.5. The van der Waals surface area contributed by atoms with Gasteiger partial charge >= 0.3 is 0 Å². The number of sulfonamides is 1. The Kier molecular flexibility index (Phi) is 6.75. The summed E-state index contributed by atoms with van der Waals surface area (Å²) < 4.78 is 49.9. The van der Waals surface area contributed by atoms with Crippen LogP contribution in [-0.4, -0.2) is 31.2 Å². The number of methoxy groups -OCH3 is 1. The molecule has 0 aliphatic carbocycles. The number of hydrogen-bond acceptors (Lipinski definition) is 5. The number of carbonyl (C=O) groups is 1. The standard InChI is InChI=1S/C22H23BrFN3O4S/c1-22(2,3)15-6-7-19(31-4)20(11-15)32(29,30)26-21(28)16-12-17(23)14(10-18(16)24)13-27-9-5-8-25-27/h5-12H,13H2,1-4H3,(H,26,28). The molecule has 170 valence electrons. The van der Waals surface area contributed by atoms with Crippen molar-refractivity contribution in [3.63, 3.8) is 0 Å². The first kappa shape index (κ1) is 23.9. The van der Waals surface area contributed by atoms with Crippen LogP contribution in [0.3, 0.4) is 0 Å². The molecule has 0 atom stereocenters. The summed E-state index contributed by atoms with van der Waals surface area (Å²) in [6.07, 6.45) is 3.32. The van der Waals surface area contributed by atoms with Gasteiger partial charge in [0.15, 0.2) is 0 Å². The summed E-state index contributed by atoms with van der Waals surface area (Å²) in [5.74, 6) is -1.86. The minimum Gasteiger partial charge on any atom is -0.495 e. The third kappa shape index (κ3) is 5.18. The highest BCUT2D eigenvalue weighted by Gasteiger charge is 2.27. The van der Waals surface area contributed by atoms with Gasteiger partial charge in [-0.2, -0.15) is 5.10 Å². The van der Waals surface area contributed by atoms with Crippen LogP contribution in [0.2, 0.25) is 0 Å². The Balaban J connectivity index is 1.92. The molecule has 0 saturated carbocycles. The van der Waals surface area contributed by atoms with E-state index in [4.69, 9.17) is 4.74 Å². The normalized spacial score (nSPS) is 11.9. The summed E-state index contributed by atoms with van der Waals surface area (Å²) in [7, 11) is -3.00. The lowest BCUT2D eigenvalue weighted by atomic mass is 9.87. The number of nitrogens with zero attached hydrogens (tertiary/aromatic N) is 2. The molecular weight excluding hydrogens is 501 g/mol. The van der Waals surface area contributed by atoms with E-state index >= 15 is 0 Å². The predicted molar refractivity (Wildman–Crippen MR) is 122 cm³/mol. The van der Waals surface area contributed by atoms with Gasteiger partial charge in [-0.05, 0) is 46.9 Å². The van der Waals surface area contributed by atoms with Crippen molar-refractivity contribution < 1.29 is 22.3 Å². The lowest BCUT2D eigenvalue weighted by Crippen LogP contribution is -2.32. The first-order chi connectivity index (χ1) is 14.9. The van der Waals surface area contributed by atoms with Crippen molar-refractivity contribution in [2.75, 3.05) is 7.11 Å². The van der Waals surface area contributed by atoms with Gasteiger partial charge in [-0.3, -0.25) is 9.48 Å². The summed E-state index contributed by atoms with van der Waals surface area (Å²) >= 11 is 3.32. The molecule has 3 rings (SSSR count). The fourth-order valence-corrected chi connectivity index (χ4v) is 4.67. The number of nitrogens with one attached hydrogen (secondary N) is 1. The average Bonchev–Trinajstić information content (AvgIpc) is 3.22. The predicted octanol–water partition coefficient (Wildman–Crippen LogP) is 4.26. The van der Waals surface area contributed by atoms with E-state index in [0.29, 0.717) is 10.0 Å². The maximum Gasteiger partial charge on any atom is 0.268 e. The van der Waals surface area contributed by atoms with Crippen molar-refractivity contribution in [1.29, 1.82) is 0 Å². The second-order valence-electron chi connectivity index (χ2n) is 8.18. The van der Waals surface area contributed by atoms with Gasteiger partial charge in [0.05, 0.1) is 19.2 Å². The molecule has 1 N–H and O–H groups in total. The molecule has 10 heteroatoms. The second-order valence-corrected chi connectivity index (χ2v) is 10.7. The summed E-state index contributed by atoms with van der Waals surface area (Å²) in [5, 5.41) is 4.07. The van der Waals surface area contributed by atoms with Crippen LogP contribution >= 0.6 is 15.9 Å². The number of amides is 1. The molecule has 0 aliphatic rings. The first-order valence-corrected chi connectivity index (χ1v) is 11.9. The maximum absolute atomic E-state index is 14.7. The van der Waals surface area contributed by atoms with E-state index in [0.717, 1.165) is 5.56 Å². The Bertz CT molecular complexity index is 1250. The molecule has 0 bridgehead atoms. The van der Waals surface area contributed by atoms with E-state index in [1.807, 2.05) is 25.5 Å². The number of aromatic nitrogens is 2. The molecule has 2 aromatic carbocycles. The Morgan fingerprint density at radius 3 is 2.56 bits per heavy atom. The molecule has 0 fully saturated rings. The Morgan fingerprint density at radius 1 is 1.25 bits per heavy atom. The van der Waals surface area contributed by atoms with Crippen molar-refractivity contribution in [3.8, 4) is 5.75 Å². The van der Waals surface area contributed by atoms with Crippen LogP contribution in [0, 0.1) is 5.82 Å². The Morgan fingerprint density at radius 2 is 1.97 bits per heavy atom. The van der Waals surface area contributed by atoms with Crippen molar-refractivity contribution >= 4 is 31.9 Å². The fraction of sp³-hybridized carbons (Fsp3) is 0.273. The molecule has 0 saturated heterocycles. The molecule has 7 nitrogen and oxygen atoms in total. The molecule has 0 unspecified atom stereocenters. The summed E-state index contributed by atoms with van der Waals surface area (Å²) in [5.41, 5.74) is 0.547.